The maximum Gasteiger partial charge on any atom is 0.251 e. The maximum absolute atomic E-state index is 11.2. The van der Waals surface area contributed by atoms with Crippen molar-refractivity contribution in [3.05, 3.63) is 34.3 Å². The zero-order chi connectivity index (χ0) is 9.14. The predicted octanol–water partition coefficient (Wildman–Crippen LogP) is 2.01. The van der Waals surface area contributed by atoms with Crippen LogP contribution in [0.5, 0.6) is 0 Å². The maximum atomic E-state index is 11.2. The molecule has 1 N–H and O–H groups in total. The van der Waals surface area contributed by atoms with Crippen LogP contribution in [0.25, 0.3) is 0 Å². The normalized spacial score (nSPS) is 9.58. The molecule has 0 bridgehead atoms. The molecule has 12 heavy (non-hydrogen) atoms. The molecule has 64 valence electrons. The molecule has 1 amide bonds. The second-order valence-corrected chi connectivity index (χ2v) is 2.97. The summed E-state index contributed by atoms with van der Waals surface area (Å²) in [4.78, 5) is 11.2. The van der Waals surface area contributed by atoms with Gasteiger partial charge in [-0.25, -0.2) is 0 Å². The molecule has 0 aliphatic heterocycles. The smallest absolute Gasteiger partial charge is 0.251 e. The number of carbonyl (C=O) groups is 1. The summed E-state index contributed by atoms with van der Waals surface area (Å²) in [6, 6.07) is 5.20. The van der Waals surface area contributed by atoms with Crippen LogP contribution in [0.1, 0.15) is 15.9 Å². The molecule has 0 atom stereocenters. The van der Waals surface area contributed by atoms with Gasteiger partial charge in [-0.05, 0) is 30.7 Å². The molecule has 0 unspecified atom stereocenters. The SMILES string of the molecule is CNC(=O)c1ccc(Cl)cc1C. The topological polar surface area (TPSA) is 29.1 Å². The van der Waals surface area contributed by atoms with E-state index in [1.54, 1.807) is 25.2 Å². The van der Waals surface area contributed by atoms with Crippen molar-refractivity contribution in [1.29, 1.82) is 0 Å². The van der Waals surface area contributed by atoms with E-state index in [0.717, 1.165) is 5.56 Å². The number of aryl methyl sites for hydroxylation is 1. The number of hydrogen-bond acceptors (Lipinski definition) is 1. The molecule has 1 rings (SSSR count). The van der Waals surface area contributed by atoms with Gasteiger partial charge in [0.15, 0.2) is 0 Å². The lowest BCUT2D eigenvalue weighted by Crippen LogP contribution is -2.18. The van der Waals surface area contributed by atoms with Crippen LogP contribution in [-0.4, -0.2) is 13.0 Å². The molecule has 0 spiro atoms. The Morgan fingerprint density at radius 2 is 2.17 bits per heavy atom. The molecule has 0 radical (unpaired) electrons. The summed E-state index contributed by atoms with van der Waals surface area (Å²) >= 11 is 5.73. The highest BCUT2D eigenvalue weighted by molar-refractivity contribution is 6.30. The van der Waals surface area contributed by atoms with Crippen LogP contribution in [0, 0.1) is 6.92 Å². The number of carbonyl (C=O) groups excluding carboxylic acids is 1. The lowest BCUT2D eigenvalue weighted by atomic mass is 10.1. The molecule has 0 saturated carbocycles. The van der Waals surface area contributed by atoms with E-state index >= 15 is 0 Å². The molecule has 2 nitrogen and oxygen atoms in total. The van der Waals surface area contributed by atoms with Crippen molar-refractivity contribution in [1.82, 2.24) is 5.32 Å². The Morgan fingerprint density at radius 3 is 2.67 bits per heavy atom. The molecule has 0 aliphatic carbocycles. The number of hydrogen-bond donors (Lipinski definition) is 1. The molecule has 0 saturated heterocycles. The Labute approximate surface area is 76.5 Å². The summed E-state index contributed by atoms with van der Waals surface area (Å²) < 4.78 is 0. The lowest BCUT2D eigenvalue weighted by molar-refractivity contribution is 0.0962. The van der Waals surface area contributed by atoms with Crippen molar-refractivity contribution >= 4 is 17.5 Å². The molecule has 0 aliphatic rings. The molecule has 1 aromatic carbocycles. The zero-order valence-electron chi connectivity index (χ0n) is 7.02. The van der Waals surface area contributed by atoms with Crippen LogP contribution >= 0.6 is 11.6 Å². The Balaban J connectivity index is 3.09. The largest absolute Gasteiger partial charge is 0.355 e. The highest BCUT2D eigenvalue weighted by Gasteiger charge is 2.05. The van der Waals surface area contributed by atoms with E-state index in [2.05, 4.69) is 5.32 Å². The van der Waals surface area contributed by atoms with E-state index in [9.17, 15) is 4.79 Å². The van der Waals surface area contributed by atoms with Gasteiger partial charge in [0.1, 0.15) is 0 Å². The number of halogens is 1. The number of amides is 1. The first-order valence-electron chi connectivity index (χ1n) is 3.63. The van der Waals surface area contributed by atoms with Gasteiger partial charge in [-0.2, -0.15) is 0 Å². The average molecular weight is 184 g/mol. The highest BCUT2D eigenvalue weighted by atomic mass is 35.5. The van der Waals surface area contributed by atoms with Gasteiger partial charge < -0.3 is 5.32 Å². The Kier molecular flexibility index (Phi) is 2.71. The third-order valence-corrected chi connectivity index (χ3v) is 1.90. The quantitative estimate of drug-likeness (QED) is 0.709. The van der Waals surface area contributed by atoms with Crippen LogP contribution in [-0.2, 0) is 0 Å². The van der Waals surface area contributed by atoms with E-state index in [4.69, 9.17) is 11.6 Å². The van der Waals surface area contributed by atoms with Crippen molar-refractivity contribution in [2.24, 2.45) is 0 Å². The van der Waals surface area contributed by atoms with Crippen LogP contribution in [0.2, 0.25) is 5.02 Å². The average Bonchev–Trinajstić information content (AvgIpc) is 2.03. The molecular weight excluding hydrogens is 174 g/mol. The monoisotopic (exact) mass is 183 g/mol. The second-order valence-electron chi connectivity index (χ2n) is 2.54. The van der Waals surface area contributed by atoms with Crippen LogP contribution in [0.3, 0.4) is 0 Å². The highest BCUT2D eigenvalue weighted by Crippen LogP contribution is 2.14. The summed E-state index contributed by atoms with van der Waals surface area (Å²) in [5, 5.41) is 3.21. The minimum Gasteiger partial charge on any atom is -0.355 e. The second kappa shape index (κ2) is 3.59. The first-order valence-corrected chi connectivity index (χ1v) is 4.01. The van der Waals surface area contributed by atoms with Gasteiger partial charge in [-0.3, -0.25) is 4.79 Å². The van der Waals surface area contributed by atoms with Crippen LogP contribution in [0.4, 0.5) is 0 Å². The summed E-state index contributed by atoms with van der Waals surface area (Å²) in [6.07, 6.45) is 0. The summed E-state index contributed by atoms with van der Waals surface area (Å²) in [5.41, 5.74) is 1.56. The summed E-state index contributed by atoms with van der Waals surface area (Å²) in [6.45, 7) is 1.86. The van der Waals surface area contributed by atoms with Crippen LogP contribution in [0.15, 0.2) is 18.2 Å². The predicted molar refractivity (Wildman–Crippen MR) is 49.6 cm³/mol. The number of rotatable bonds is 1. The van der Waals surface area contributed by atoms with Gasteiger partial charge >= 0.3 is 0 Å². The Morgan fingerprint density at radius 1 is 1.50 bits per heavy atom. The molecule has 0 fully saturated rings. The minimum absolute atomic E-state index is 0.0795. The van der Waals surface area contributed by atoms with Crippen molar-refractivity contribution in [3.63, 3.8) is 0 Å². The third-order valence-electron chi connectivity index (χ3n) is 1.66. The van der Waals surface area contributed by atoms with Gasteiger partial charge in [0.05, 0.1) is 0 Å². The molecular formula is C9H10ClNO. The number of benzene rings is 1. The van der Waals surface area contributed by atoms with Gasteiger partial charge in [0.25, 0.3) is 5.91 Å². The first kappa shape index (κ1) is 9.07. The first-order chi connectivity index (χ1) is 5.65. The van der Waals surface area contributed by atoms with E-state index in [1.807, 2.05) is 6.92 Å². The Hall–Kier alpha value is -1.02. The summed E-state index contributed by atoms with van der Waals surface area (Å²) in [7, 11) is 1.61. The molecule has 0 heterocycles. The number of nitrogens with one attached hydrogen (secondary N) is 1. The van der Waals surface area contributed by atoms with E-state index in [0.29, 0.717) is 10.6 Å². The van der Waals surface area contributed by atoms with Gasteiger partial charge in [-0.15, -0.1) is 0 Å². The van der Waals surface area contributed by atoms with E-state index in [1.165, 1.54) is 0 Å². The lowest BCUT2D eigenvalue weighted by Gasteiger charge is -2.03. The minimum atomic E-state index is -0.0795. The van der Waals surface area contributed by atoms with Gasteiger partial charge in [0.2, 0.25) is 0 Å². The summed E-state index contributed by atoms with van der Waals surface area (Å²) in [5.74, 6) is -0.0795. The fourth-order valence-electron chi connectivity index (χ4n) is 1.02. The third kappa shape index (κ3) is 1.77. The van der Waals surface area contributed by atoms with E-state index < -0.39 is 0 Å². The fraction of sp³-hybridized carbons (Fsp3) is 0.222. The van der Waals surface area contributed by atoms with Crippen LogP contribution < -0.4 is 5.32 Å². The standard InChI is InChI=1S/C9H10ClNO/c1-6-5-7(10)3-4-8(6)9(12)11-2/h3-5H,1-2H3,(H,11,12). The Bertz CT molecular complexity index is 309. The van der Waals surface area contributed by atoms with Gasteiger partial charge in [0, 0.05) is 17.6 Å². The van der Waals surface area contributed by atoms with Crippen molar-refractivity contribution in [3.8, 4) is 0 Å². The molecule has 3 heteroatoms. The van der Waals surface area contributed by atoms with Crippen molar-refractivity contribution in [2.45, 2.75) is 6.92 Å². The molecule has 1 aromatic rings. The van der Waals surface area contributed by atoms with Crippen molar-refractivity contribution in [2.75, 3.05) is 7.05 Å². The van der Waals surface area contributed by atoms with E-state index in [-0.39, 0.29) is 5.91 Å². The molecule has 0 aromatic heterocycles. The van der Waals surface area contributed by atoms with Gasteiger partial charge in [-0.1, -0.05) is 11.6 Å². The fourth-order valence-corrected chi connectivity index (χ4v) is 1.24. The van der Waals surface area contributed by atoms with Crippen molar-refractivity contribution < 1.29 is 4.79 Å². The zero-order valence-corrected chi connectivity index (χ0v) is 7.77.